The molecule has 2 amide bonds. The molecule has 0 spiro atoms. The maximum absolute atomic E-state index is 12.0. The van der Waals surface area contributed by atoms with Crippen LogP contribution in [0.25, 0.3) is 0 Å². The lowest BCUT2D eigenvalue weighted by atomic mass is 10.1. The highest BCUT2D eigenvalue weighted by molar-refractivity contribution is 5.90. The number of carbonyl (C=O) groups excluding carboxylic acids is 3. The zero-order valence-corrected chi connectivity index (χ0v) is 12.6. The minimum atomic E-state index is -0.656. The lowest BCUT2D eigenvalue weighted by molar-refractivity contribution is -0.130. The summed E-state index contributed by atoms with van der Waals surface area (Å²) in [7, 11) is 0. The SMILES string of the molecule is C[C@H](NC(=O)[C@@H]1CCCN1)C(=O)N[C@H](C=O)CCCCN. The van der Waals surface area contributed by atoms with Gasteiger partial charge in [-0.2, -0.15) is 0 Å². The van der Waals surface area contributed by atoms with Gasteiger partial charge in [0.15, 0.2) is 0 Å². The molecule has 1 aliphatic heterocycles. The predicted molar refractivity (Wildman–Crippen MR) is 79.5 cm³/mol. The van der Waals surface area contributed by atoms with Crippen LogP contribution in [0.3, 0.4) is 0 Å². The van der Waals surface area contributed by atoms with Crippen molar-refractivity contribution in [2.75, 3.05) is 13.1 Å². The summed E-state index contributed by atoms with van der Waals surface area (Å²) in [5.74, 6) is -0.507. The Hall–Kier alpha value is -1.47. The first-order chi connectivity index (χ1) is 10.1. The summed E-state index contributed by atoms with van der Waals surface area (Å²) in [5, 5.41) is 8.38. The molecule has 0 saturated carbocycles. The van der Waals surface area contributed by atoms with Gasteiger partial charge in [-0.3, -0.25) is 9.59 Å². The summed E-state index contributed by atoms with van der Waals surface area (Å²) >= 11 is 0. The van der Waals surface area contributed by atoms with E-state index < -0.39 is 12.1 Å². The summed E-state index contributed by atoms with van der Waals surface area (Å²) in [4.78, 5) is 34.8. The second-order valence-corrected chi connectivity index (χ2v) is 5.41. The fourth-order valence-corrected chi connectivity index (χ4v) is 2.28. The second-order valence-electron chi connectivity index (χ2n) is 5.41. The Morgan fingerprint density at radius 3 is 2.71 bits per heavy atom. The summed E-state index contributed by atoms with van der Waals surface area (Å²) in [5.41, 5.74) is 5.39. The van der Waals surface area contributed by atoms with E-state index in [1.54, 1.807) is 6.92 Å². The monoisotopic (exact) mass is 298 g/mol. The first-order valence-electron chi connectivity index (χ1n) is 7.58. The molecule has 7 nitrogen and oxygen atoms in total. The number of rotatable bonds is 9. The number of hydrogen-bond acceptors (Lipinski definition) is 5. The highest BCUT2D eigenvalue weighted by atomic mass is 16.2. The van der Waals surface area contributed by atoms with Crippen LogP contribution in [0, 0.1) is 0 Å². The first-order valence-corrected chi connectivity index (χ1v) is 7.58. The number of amides is 2. The van der Waals surface area contributed by atoms with E-state index in [0.717, 1.165) is 38.5 Å². The molecule has 0 bridgehead atoms. The van der Waals surface area contributed by atoms with E-state index in [-0.39, 0.29) is 17.9 Å². The Kier molecular flexibility index (Phi) is 7.92. The number of aldehydes is 1. The van der Waals surface area contributed by atoms with Gasteiger partial charge in [0, 0.05) is 0 Å². The number of carbonyl (C=O) groups is 3. The van der Waals surface area contributed by atoms with Gasteiger partial charge in [-0.15, -0.1) is 0 Å². The maximum atomic E-state index is 12.0. The van der Waals surface area contributed by atoms with E-state index in [4.69, 9.17) is 5.73 Å². The Labute approximate surface area is 125 Å². The number of nitrogens with one attached hydrogen (secondary N) is 3. The Bertz CT molecular complexity index is 356. The van der Waals surface area contributed by atoms with E-state index in [1.807, 2.05) is 0 Å². The summed E-state index contributed by atoms with van der Waals surface area (Å²) in [6.07, 6.45) is 4.65. The van der Waals surface area contributed by atoms with Crippen LogP contribution in [-0.2, 0) is 14.4 Å². The highest BCUT2D eigenvalue weighted by Gasteiger charge is 2.25. The molecule has 5 N–H and O–H groups in total. The van der Waals surface area contributed by atoms with Gasteiger partial charge in [-0.1, -0.05) is 0 Å². The van der Waals surface area contributed by atoms with Gasteiger partial charge in [-0.05, 0) is 52.1 Å². The van der Waals surface area contributed by atoms with Gasteiger partial charge in [-0.25, -0.2) is 0 Å². The molecule has 3 atom stereocenters. The zero-order valence-electron chi connectivity index (χ0n) is 12.6. The molecule has 0 unspecified atom stereocenters. The molecule has 1 heterocycles. The van der Waals surface area contributed by atoms with Crippen LogP contribution in [0.2, 0.25) is 0 Å². The van der Waals surface area contributed by atoms with Gasteiger partial charge in [0.2, 0.25) is 11.8 Å². The standard InChI is InChI=1S/C14H26N4O3/c1-10(17-14(21)12-6-4-8-16-12)13(20)18-11(9-19)5-2-3-7-15/h9-12,16H,2-8,15H2,1H3,(H,17,21)(H,18,20)/t10-,11-,12-/m0/s1. The molecule has 1 saturated heterocycles. The quantitative estimate of drug-likeness (QED) is 0.324. The van der Waals surface area contributed by atoms with Crippen molar-refractivity contribution < 1.29 is 14.4 Å². The summed E-state index contributed by atoms with van der Waals surface area (Å²) in [6.45, 7) is 3.01. The van der Waals surface area contributed by atoms with Gasteiger partial charge in [0.25, 0.3) is 0 Å². The maximum Gasteiger partial charge on any atom is 0.242 e. The van der Waals surface area contributed by atoms with Crippen molar-refractivity contribution in [2.24, 2.45) is 5.73 Å². The van der Waals surface area contributed by atoms with Crippen molar-refractivity contribution in [1.29, 1.82) is 0 Å². The van der Waals surface area contributed by atoms with Crippen molar-refractivity contribution in [3.05, 3.63) is 0 Å². The van der Waals surface area contributed by atoms with Crippen molar-refractivity contribution >= 4 is 18.1 Å². The third kappa shape index (κ3) is 6.22. The number of unbranched alkanes of at least 4 members (excludes halogenated alkanes) is 1. The fourth-order valence-electron chi connectivity index (χ4n) is 2.28. The minimum Gasteiger partial charge on any atom is -0.345 e. The van der Waals surface area contributed by atoms with Crippen molar-refractivity contribution in [3.8, 4) is 0 Å². The van der Waals surface area contributed by atoms with E-state index in [1.165, 1.54) is 0 Å². The summed E-state index contributed by atoms with van der Waals surface area (Å²) < 4.78 is 0. The zero-order chi connectivity index (χ0) is 15.7. The molecule has 0 aromatic heterocycles. The van der Waals surface area contributed by atoms with Crippen molar-refractivity contribution in [3.63, 3.8) is 0 Å². The van der Waals surface area contributed by atoms with Crippen LogP contribution in [0.4, 0.5) is 0 Å². The summed E-state index contributed by atoms with van der Waals surface area (Å²) in [6, 6.07) is -1.39. The topological polar surface area (TPSA) is 113 Å². The highest BCUT2D eigenvalue weighted by Crippen LogP contribution is 2.05. The largest absolute Gasteiger partial charge is 0.345 e. The van der Waals surface area contributed by atoms with Gasteiger partial charge in [0.05, 0.1) is 12.1 Å². The molecule has 21 heavy (non-hydrogen) atoms. The molecule has 0 aliphatic carbocycles. The molecule has 0 radical (unpaired) electrons. The number of nitrogens with two attached hydrogens (primary N) is 1. The van der Waals surface area contributed by atoms with Crippen LogP contribution in [0.5, 0.6) is 0 Å². The van der Waals surface area contributed by atoms with Crippen LogP contribution >= 0.6 is 0 Å². The normalized spacial score (nSPS) is 20.6. The van der Waals surface area contributed by atoms with E-state index in [9.17, 15) is 14.4 Å². The molecule has 0 aromatic rings. The lowest BCUT2D eigenvalue weighted by Gasteiger charge is -2.19. The van der Waals surface area contributed by atoms with Crippen LogP contribution in [0.1, 0.15) is 39.0 Å². The van der Waals surface area contributed by atoms with E-state index in [2.05, 4.69) is 16.0 Å². The molecule has 1 aliphatic rings. The molecule has 1 fully saturated rings. The van der Waals surface area contributed by atoms with Crippen LogP contribution < -0.4 is 21.7 Å². The average molecular weight is 298 g/mol. The van der Waals surface area contributed by atoms with Gasteiger partial charge in [0.1, 0.15) is 12.3 Å². The van der Waals surface area contributed by atoms with Crippen LogP contribution in [0.15, 0.2) is 0 Å². The minimum absolute atomic E-state index is 0.166. The Morgan fingerprint density at radius 1 is 1.38 bits per heavy atom. The average Bonchev–Trinajstić information content (AvgIpc) is 3.00. The third-order valence-electron chi connectivity index (χ3n) is 3.59. The molecule has 120 valence electrons. The molecular weight excluding hydrogens is 272 g/mol. The second kappa shape index (κ2) is 9.46. The molecule has 1 rings (SSSR count). The molecular formula is C14H26N4O3. The van der Waals surface area contributed by atoms with Crippen molar-refractivity contribution in [1.82, 2.24) is 16.0 Å². The fraction of sp³-hybridized carbons (Fsp3) is 0.786. The third-order valence-corrected chi connectivity index (χ3v) is 3.59. The lowest BCUT2D eigenvalue weighted by Crippen LogP contribution is -2.52. The van der Waals surface area contributed by atoms with E-state index >= 15 is 0 Å². The first kappa shape index (κ1) is 17.6. The molecule has 0 aromatic carbocycles. The number of hydrogen-bond donors (Lipinski definition) is 4. The Morgan fingerprint density at radius 2 is 2.14 bits per heavy atom. The van der Waals surface area contributed by atoms with Crippen molar-refractivity contribution in [2.45, 2.75) is 57.2 Å². The smallest absolute Gasteiger partial charge is 0.242 e. The molecule has 7 heteroatoms. The Balaban J connectivity index is 2.34. The van der Waals surface area contributed by atoms with Crippen LogP contribution in [-0.4, -0.2) is 49.3 Å². The van der Waals surface area contributed by atoms with E-state index in [0.29, 0.717) is 13.0 Å². The predicted octanol–water partition coefficient (Wildman–Crippen LogP) is -0.944. The van der Waals surface area contributed by atoms with Gasteiger partial charge >= 0.3 is 0 Å². The van der Waals surface area contributed by atoms with Gasteiger partial charge < -0.3 is 26.5 Å².